The standard InChI is InChI=1S/C56H38N2O/c1-5-17-42(18-6-1)55-57-52-35-32-41-29-28-40-31-34-50(38-51(40)53(41)54(52)59-55)58(49-33-30-39-16-13-14-19-43(39)36-49)48-27-15-26-47(37-48)56(44-20-7-2-8-21-44,45-22-9-3-10-23-45)46-24-11-4-12-25-46/h1-38H. The van der Waals surface area contributed by atoms with Crippen LogP contribution in [0.1, 0.15) is 22.3 Å². The molecule has 3 heteroatoms. The normalized spacial score (nSPS) is 11.7. The molecule has 10 aromatic carbocycles. The number of anilines is 3. The van der Waals surface area contributed by atoms with Gasteiger partial charge in [-0.2, -0.15) is 0 Å². The van der Waals surface area contributed by atoms with Crippen LogP contribution in [0.5, 0.6) is 0 Å². The molecular formula is C56H38N2O. The molecule has 0 aliphatic rings. The lowest BCUT2D eigenvalue weighted by molar-refractivity contribution is 0.623. The zero-order valence-electron chi connectivity index (χ0n) is 32.2. The third-order valence-corrected chi connectivity index (χ3v) is 11.8. The minimum atomic E-state index is -0.594. The maximum absolute atomic E-state index is 6.65. The molecule has 0 bridgehead atoms. The van der Waals surface area contributed by atoms with Crippen LogP contribution in [0.3, 0.4) is 0 Å². The summed E-state index contributed by atoms with van der Waals surface area (Å²) >= 11 is 0. The van der Waals surface area contributed by atoms with E-state index in [1.54, 1.807) is 0 Å². The number of nitrogens with zero attached hydrogens (tertiary/aromatic N) is 2. The van der Waals surface area contributed by atoms with E-state index >= 15 is 0 Å². The van der Waals surface area contributed by atoms with Crippen LogP contribution in [0, 0.1) is 0 Å². The van der Waals surface area contributed by atoms with Crippen molar-refractivity contribution in [1.29, 1.82) is 0 Å². The third kappa shape index (κ3) is 5.86. The van der Waals surface area contributed by atoms with Gasteiger partial charge in [0.05, 0.1) is 5.41 Å². The van der Waals surface area contributed by atoms with Crippen LogP contribution in [-0.4, -0.2) is 4.98 Å². The van der Waals surface area contributed by atoms with E-state index < -0.39 is 5.41 Å². The van der Waals surface area contributed by atoms with E-state index in [-0.39, 0.29) is 0 Å². The van der Waals surface area contributed by atoms with Crippen LogP contribution < -0.4 is 4.90 Å². The molecule has 0 N–H and O–H groups in total. The van der Waals surface area contributed by atoms with Gasteiger partial charge in [0, 0.05) is 28.0 Å². The van der Waals surface area contributed by atoms with Crippen molar-refractivity contribution in [2.45, 2.75) is 5.41 Å². The first kappa shape index (κ1) is 34.5. The van der Waals surface area contributed by atoms with Crippen LogP contribution >= 0.6 is 0 Å². The van der Waals surface area contributed by atoms with E-state index in [9.17, 15) is 0 Å². The summed E-state index contributed by atoms with van der Waals surface area (Å²) < 4.78 is 6.65. The Balaban J connectivity index is 1.17. The molecule has 11 rings (SSSR count). The fourth-order valence-electron chi connectivity index (χ4n) is 9.06. The zero-order chi connectivity index (χ0) is 39.2. The number of benzene rings is 10. The quantitative estimate of drug-likeness (QED) is 0.114. The van der Waals surface area contributed by atoms with E-state index in [2.05, 4.69) is 205 Å². The molecule has 0 saturated carbocycles. The molecule has 0 aliphatic carbocycles. The summed E-state index contributed by atoms with van der Waals surface area (Å²) in [5.74, 6) is 0.620. The molecule has 1 aromatic heterocycles. The van der Waals surface area contributed by atoms with Gasteiger partial charge in [-0.05, 0) is 104 Å². The van der Waals surface area contributed by atoms with Gasteiger partial charge < -0.3 is 9.32 Å². The maximum atomic E-state index is 6.65. The van der Waals surface area contributed by atoms with Crippen LogP contribution in [0.4, 0.5) is 17.1 Å². The molecule has 0 saturated heterocycles. The van der Waals surface area contributed by atoms with Gasteiger partial charge in [-0.3, -0.25) is 0 Å². The highest BCUT2D eigenvalue weighted by Crippen LogP contribution is 2.48. The Morgan fingerprint density at radius 2 is 0.881 bits per heavy atom. The van der Waals surface area contributed by atoms with Crippen molar-refractivity contribution in [2.75, 3.05) is 4.90 Å². The van der Waals surface area contributed by atoms with Crippen molar-refractivity contribution in [3.05, 3.63) is 253 Å². The highest BCUT2D eigenvalue weighted by atomic mass is 16.3. The Morgan fingerprint density at radius 3 is 1.56 bits per heavy atom. The molecule has 1 heterocycles. The number of hydrogen-bond acceptors (Lipinski definition) is 3. The molecule has 0 aliphatic heterocycles. The van der Waals surface area contributed by atoms with Gasteiger partial charge in [0.2, 0.25) is 5.89 Å². The van der Waals surface area contributed by atoms with Crippen molar-refractivity contribution in [3.8, 4) is 11.5 Å². The van der Waals surface area contributed by atoms with Gasteiger partial charge in [-0.25, -0.2) is 4.98 Å². The molecule has 0 unspecified atom stereocenters. The Labute approximate surface area is 343 Å². The average molecular weight is 755 g/mol. The Bertz CT molecular complexity index is 3170. The first-order valence-electron chi connectivity index (χ1n) is 20.1. The summed E-state index contributed by atoms with van der Waals surface area (Å²) in [6, 6.07) is 82.7. The van der Waals surface area contributed by atoms with Crippen LogP contribution in [0.15, 0.2) is 235 Å². The first-order valence-corrected chi connectivity index (χ1v) is 20.1. The lowest BCUT2D eigenvalue weighted by atomic mass is 9.65. The molecule has 0 spiro atoms. The summed E-state index contributed by atoms with van der Waals surface area (Å²) in [7, 11) is 0. The second kappa shape index (κ2) is 14.3. The van der Waals surface area contributed by atoms with Crippen molar-refractivity contribution in [1.82, 2.24) is 4.98 Å². The Kier molecular flexibility index (Phi) is 8.37. The van der Waals surface area contributed by atoms with Crippen molar-refractivity contribution < 1.29 is 4.42 Å². The van der Waals surface area contributed by atoms with E-state index in [1.807, 2.05) is 30.3 Å². The minimum Gasteiger partial charge on any atom is -0.435 e. The van der Waals surface area contributed by atoms with Gasteiger partial charge in [0.1, 0.15) is 5.52 Å². The second-order valence-electron chi connectivity index (χ2n) is 15.1. The van der Waals surface area contributed by atoms with Gasteiger partial charge in [0.15, 0.2) is 5.58 Å². The van der Waals surface area contributed by atoms with E-state index in [0.717, 1.165) is 55.3 Å². The fourth-order valence-corrected chi connectivity index (χ4v) is 9.06. The monoisotopic (exact) mass is 754 g/mol. The van der Waals surface area contributed by atoms with Gasteiger partial charge in [0.25, 0.3) is 0 Å². The van der Waals surface area contributed by atoms with Crippen LogP contribution in [-0.2, 0) is 5.41 Å². The number of fused-ring (bicyclic) bond motifs is 6. The van der Waals surface area contributed by atoms with Crippen molar-refractivity contribution in [2.24, 2.45) is 0 Å². The lowest BCUT2D eigenvalue weighted by Gasteiger charge is -2.37. The fraction of sp³-hybridized carbons (Fsp3) is 0.0179. The minimum absolute atomic E-state index is 0.594. The third-order valence-electron chi connectivity index (χ3n) is 11.8. The molecule has 0 amide bonds. The zero-order valence-corrected chi connectivity index (χ0v) is 32.2. The van der Waals surface area contributed by atoms with E-state index in [0.29, 0.717) is 5.89 Å². The molecule has 59 heavy (non-hydrogen) atoms. The maximum Gasteiger partial charge on any atom is 0.227 e. The first-order chi connectivity index (χ1) is 29.2. The van der Waals surface area contributed by atoms with E-state index in [1.165, 1.54) is 33.0 Å². The molecule has 11 aromatic rings. The molecule has 0 fully saturated rings. The predicted octanol–water partition coefficient (Wildman–Crippen LogP) is 14.8. The average Bonchev–Trinajstić information content (AvgIpc) is 3.76. The molecule has 0 radical (unpaired) electrons. The number of oxazole rings is 1. The summed E-state index contributed by atoms with van der Waals surface area (Å²) in [5.41, 5.74) is 9.95. The molecular weight excluding hydrogens is 717 g/mol. The topological polar surface area (TPSA) is 29.3 Å². The lowest BCUT2D eigenvalue weighted by Crippen LogP contribution is -2.31. The van der Waals surface area contributed by atoms with Gasteiger partial charge in [-0.15, -0.1) is 0 Å². The van der Waals surface area contributed by atoms with Gasteiger partial charge in [-0.1, -0.05) is 176 Å². The Hall–Kier alpha value is -7.75. The second-order valence-corrected chi connectivity index (χ2v) is 15.1. The summed E-state index contributed by atoms with van der Waals surface area (Å²) in [5, 5.41) is 6.79. The van der Waals surface area contributed by atoms with Crippen LogP contribution in [0.25, 0.3) is 54.9 Å². The molecule has 0 atom stereocenters. The molecule has 3 nitrogen and oxygen atoms in total. The highest BCUT2D eigenvalue weighted by molar-refractivity contribution is 6.18. The highest BCUT2D eigenvalue weighted by Gasteiger charge is 2.38. The summed E-state index contributed by atoms with van der Waals surface area (Å²) in [6.07, 6.45) is 0. The largest absolute Gasteiger partial charge is 0.435 e. The number of aromatic nitrogens is 1. The SMILES string of the molecule is c1ccc(-c2nc3ccc4ccc5ccc(N(c6cccc(C(c7ccccc7)(c7ccccc7)c7ccccc7)c6)c6ccc7ccccc7c6)cc5c4c3o2)cc1. The predicted molar refractivity (Wildman–Crippen MR) is 245 cm³/mol. The Morgan fingerprint density at radius 1 is 0.373 bits per heavy atom. The molecule has 278 valence electrons. The van der Waals surface area contributed by atoms with Crippen molar-refractivity contribution in [3.63, 3.8) is 0 Å². The van der Waals surface area contributed by atoms with Gasteiger partial charge >= 0.3 is 0 Å². The van der Waals surface area contributed by atoms with Crippen molar-refractivity contribution >= 4 is 60.5 Å². The number of rotatable bonds is 8. The summed E-state index contributed by atoms with van der Waals surface area (Å²) in [4.78, 5) is 7.35. The van der Waals surface area contributed by atoms with E-state index in [4.69, 9.17) is 9.40 Å². The van der Waals surface area contributed by atoms with Crippen LogP contribution in [0.2, 0.25) is 0 Å². The summed E-state index contributed by atoms with van der Waals surface area (Å²) in [6.45, 7) is 0. The number of hydrogen-bond donors (Lipinski definition) is 0. The smallest absolute Gasteiger partial charge is 0.227 e.